The maximum Gasteiger partial charge on any atom is 0.344 e. The number of carbonyl (C=O) groups is 4. The molecule has 2 aromatic carbocycles. The molecule has 1 atom stereocenters. The number of hydrogen-bond donors (Lipinski definition) is 3. The van der Waals surface area contributed by atoms with Gasteiger partial charge in [-0.15, -0.1) is 0 Å². The number of halogens is 1. The van der Waals surface area contributed by atoms with E-state index in [1.165, 1.54) is 19.1 Å². The molecule has 5 amide bonds. The first-order chi connectivity index (χ1) is 13.3. The molecule has 1 aliphatic rings. The van der Waals surface area contributed by atoms with E-state index < -0.39 is 41.7 Å². The number of nitrogens with one attached hydrogen (secondary N) is 3. The van der Waals surface area contributed by atoms with Crippen LogP contribution in [0.25, 0.3) is 0 Å². The fraction of sp³-hybridized carbons (Fsp3) is 0.158. The Hall–Kier alpha value is -3.75. The SMILES string of the molecule is C[C@@]1(c2ccccc2)NC(=O)N(NC(=O)CNC(=O)c2ccc(F)cc2)C1=O. The molecule has 3 rings (SSSR count). The molecule has 0 saturated carbocycles. The highest BCUT2D eigenvalue weighted by Crippen LogP contribution is 2.27. The third-order valence-corrected chi connectivity index (χ3v) is 4.29. The third kappa shape index (κ3) is 3.68. The maximum absolute atomic E-state index is 12.9. The number of benzene rings is 2. The molecule has 2 aromatic rings. The van der Waals surface area contributed by atoms with Gasteiger partial charge in [0.2, 0.25) is 0 Å². The summed E-state index contributed by atoms with van der Waals surface area (Å²) in [7, 11) is 0. The van der Waals surface area contributed by atoms with Gasteiger partial charge in [0.15, 0.2) is 0 Å². The van der Waals surface area contributed by atoms with E-state index in [1.807, 2.05) is 0 Å². The predicted molar refractivity (Wildman–Crippen MR) is 96.0 cm³/mol. The van der Waals surface area contributed by atoms with Gasteiger partial charge >= 0.3 is 6.03 Å². The molecule has 1 heterocycles. The van der Waals surface area contributed by atoms with Gasteiger partial charge in [-0.05, 0) is 36.8 Å². The summed E-state index contributed by atoms with van der Waals surface area (Å²) in [6.07, 6.45) is 0. The van der Waals surface area contributed by atoms with Crippen LogP contribution in [0.4, 0.5) is 9.18 Å². The minimum Gasteiger partial charge on any atom is -0.343 e. The number of amides is 5. The van der Waals surface area contributed by atoms with Crippen molar-refractivity contribution in [3.8, 4) is 0 Å². The number of imide groups is 1. The maximum atomic E-state index is 12.9. The zero-order valence-electron chi connectivity index (χ0n) is 14.9. The van der Waals surface area contributed by atoms with E-state index >= 15 is 0 Å². The summed E-state index contributed by atoms with van der Waals surface area (Å²) in [4.78, 5) is 48.8. The average Bonchev–Trinajstić information content (AvgIpc) is 2.91. The number of carbonyl (C=O) groups excluding carboxylic acids is 4. The van der Waals surface area contributed by atoms with Crippen LogP contribution >= 0.6 is 0 Å². The number of hydrogen-bond acceptors (Lipinski definition) is 4. The topological polar surface area (TPSA) is 108 Å². The molecular formula is C19H17FN4O4. The van der Waals surface area contributed by atoms with E-state index in [-0.39, 0.29) is 5.56 Å². The molecule has 1 fully saturated rings. The van der Waals surface area contributed by atoms with Crippen molar-refractivity contribution in [1.29, 1.82) is 0 Å². The molecule has 8 nitrogen and oxygen atoms in total. The first kappa shape index (κ1) is 19.0. The molecule has 0 bridgehead atoms. The van der Waals surface area contributed by atoms with Crippen molar-refractivity contribution in [2.45, 2.75) is 12.5 Å². The van der Waals surface area contributed by atoms with Crippen LogP contribution in [0, 0.1) is 5.82 Å². The minimum absolute atomic E-state index is 0.167. The van der Waals surface area contributed by atoms with Gasteiger partial charge in [-0.25, -0.2) is 9.18 Å². The summed E-state index contributed by atoms with van der Waals surface area (Å²) in [5.74, 6) is -2.51. The molecule has 1 aliphatic heterocycles. The van der Waals surface area contributed by atoms with Crippen molar-refractivity contribution in [1.82, 2.24) is 21.1 Å². The van der Waals surface area contributed by atoms with Gasteiger partial charge in [0.05, 0.1) is 6.54 Å². The number of urea groups is 1. The smallest absolute Gasteiger partial charge is 0.343 e. The number of nitrogens with zero attached hydrogens (tertiary/aromatic N) is 1. The molecule has 0 radical (unpaired) electrons. The summed E-state index contributed by atoms with van der Waals surface area (Å²) in [5, 5.41) is 5.46. The highest BCUT2D eigenvalue weighted by molar-refractivity contribution is 6.08. The highest BCUT2D eigenvalue weighted by Gasteiger charge is 2.49. The van der Waals surface area contributed by atoms with Gasteiger partial charge in [0, 0.05) is 5.56 Å². The summed E-state index contributed by atoms with van der Waals surface area (Å²) in [5.41, 5.74) is 1.59. The monoisotopic (exact) mass is 384 g/mol. The van der Waals surface area contributed by atoms with Crippen molar-refractivity contribution >= 4 is 23.8 Å². The van der Waals surface area contributed by atoms with Crippen molar-refractivity contribution in [3.63, 3.8) is 0 Å². The summed E-state index contributed by atoms with van der Waals surface area (Å²) in [6.45, 7) is 1.06. The third-order valence-electron chi connectivity index (χ3n) is 4.29. The van der Waals surface area contributed by atoms with Crippen LogP contribution in [-0.4, -0.2) is 35.3 Å². The Bertz CT molecular complexity index is 933. The normalized spacial score (nSPS) is 18.6. The molecule has 28 heavy (non-hydrogen) atoms. The Balaban J connectivity index is 1.61. The van der Waals surface area contributed by atoms with Gasteiger partial charge in [-0.3, -0.25) is 19.8 Å². The second kappa shape index (κ2) is 7.47. The molecule has 0 unspecified atom stereocenters. The molecule has 1 saturated heterocycles. The lowest BCUT2D eigenvalue weighted by molar-refractivity contribution is -0.138. The van der Waals surface area contributed by atoms with Crippen molar-refractivity contribution in [2.24, 2.45) is 0 Å². The van der Waals surface area contributed by atoms with Crippen molar-refractivity contribution in [3.05, 3.63) is 71.5 Å². The first-order valence-electron chi connectivity index (χ1n) is 8.37. The number of rotatable bonds is 5. The Kier molecular flexibility index (Phi) is 5.08. The van der Waals surface area contributed by atoms with Crippen LogP contribution in [0.3, 0.4) is 0 Å². The van der Waals surface area contributed by atoms with Crippen LogP contribution < -0.4 is 16.1 Å². The van der Waals surface area contributed by atoms with E-state index in [4.69, 9.17) is 0 Å². The Labute approximate surface area is 159 Å². The molecule has 0 aliphatic carbocycles. The van der Waals surface area contributed by atoms with Crippen LogP contribution in [0.1, 0.15) is 22.8 Å². The summed E-state index contributed by atoms with van der Waals surface area (Å²) in [6, 6.07) is 12.6. The van der Waals surface area contributed by atoms with E-state index in [9.17, 15) is 23.6 Å². The highest BCUT2D eigenvalue weighted by atomic mass is 19.1. The molecule has 0 spiro atoms. The molecule has 0 aromatic heterocycles. The largest absolute Gasteiger partial charge is 0.344 e. The fourth-order valence-electron chi connectivity index (χ4n) is 2.74. The Morgan fingerprint density at radius 1 is 1.07 bits per heavy atom. The van der Waals surface area contributed by atoms with Gasteiger partial charge < -0.3 is 10.6 Å². The summed E-state index contributed by atoms with van der Waals surface area (Å²) < 4.78 is 12.9. The quantitative estimate of drug-likeness (QED) is 0.670. The lowest BCUT2D eigenvalue weighted by Gasteiger charge is -2.22. The second-order valence-electron chi connectivity index (χ2n) is 6.29. The Morgan fingerprint density at radius 2 is 1.71 bits per heavy atom. The van der Waals surface area contributed by atoms with Crippen LogP contribution in [-0.2, 0) is 15.1 Å². The van der Waals surface area contributed by atoms with E-state index in [2.05, 4.69) is 16.1 Å². The summed E-state index contributed by atoms with van der Waals surface area (Å²) >= 11 is 0. The zero-order chi connectivity index (χ0) is 20.3. The van der Waals surface area contributed by atoms with Gasteiger partial charge in [-0.2, -0.15) is 5.01 Å². The predicted octanol–water partition coefficient (Wildman–Crippen LogP) is 1.05. The second-order valence-corrected chi connectivity index (χ2v) is 6.29. The van der Waals surface area contributed by atoms with E-state index in [0.717, 1.165) is 12.1 Å². The van der Waals surface area contributed by atoms with Crippen LogP contribution in [0.5, 0.6) is 0 Å². The standard InChI is InChI=1S/C19H17FN4O4/c1-19(13-5-3-2-4-6-13)17(27)24(18(28)22-19)23-15(25)11-21-16(26)12-7-9-14(20)10-8-12/h2-10H,11H2,1H3,(H,21,26)(H,22,28)(H,23,25)/t19-/m0/s1. The molecule has 3 N–H and O–H groups in total. The van der Waals surface area contributed by atoms with E-state index in [1.54, 1.807) is 30.3 Å². The van der Waals surface area contributed by atoms with E-state index in [0.29, 0.717) is 10.6 Å². The van der Waals surface area contributed by atoms with Crippen molar-refractivity contribution < 1.29 is 23.6 Å². The number of hydrazine groups is 1. The van der Waals surface area contributed by atoms with Gasteiger partial charge in [0.25, 0.3) is 17.7 Å². The molecule has 144 valence electrons. The van der Waals surface area contributed by atoms with Gasteiger partial charge in [-0.1, -0.05) is 30.3 Å². The van der Waals surface area contributed by atoms with Gasteiger partial charge in [0.1, 0.15) is 11.4 Å². The minimum atomic E-state index is -1.32. The molecular weight excluding hydrogens is 367 g/mol. The average molecular weight is 384 g/mol. The lowest BCUT2D eigenvalue weighted by atomic mass is 9.92. The van der Waals surface area contributed by atoms with Crippen LogP contribution in [0.15, 0.2) is 54.6 Å². The van der Waals surface area contributed by atoms with Crippen LogP contribution in [0.2, 0.25) is 0 Å². The fourth-order valence-corrected chi connectivity index (χ4v) is 2.74. The first-order valence-corrected chi connectivity index (χ1v) is 8.37. The molecule has 9 heteroatoms. The zero-order valence-corrected chi connectivity index (χ0v) is 14.9. The van der Waals surface area contributed by atoms with Crippen molar-refractivity contribution in [2.75, 3.05) is 6.54 Å². The Morgan fingerprint density at radius 3 is 2.36 bits per heavy atom. The lowest BCUT2D eigenvalue weighted by Crippen LogP contribution is -2.50.